The zero-order valence-corrected chi connectivity index (χ0v) is 21.1. The summed E-state index contributed by atoms with van der Waals surface area (Å²) in [5.41, 5.74) is 2.91. The molecule has 2 aromatic carbocycles. The Morgan fingerprint density at radius 2 is 1.49 bits per heavy atom. The number of benzene rings is 2. The van der Waals surface area contributed by atoms with Gasteiger partial charge in [0.15, 0.2) is 0 Å². The predicted molar refractivity (Wildman–Crippen MR) is 136 cm³/mol. The summed E-state index contributed by atoms with van der Waals surface area (Å²) >= 11 is 0. The molecule has 2 aromatic rings. The molecule has 0 aromatic heterocycles. The minimum absolute atomic E-state index is 0.467. The molecule has 1 aliphatic carbocycles. The van der Waals surface area contributed by atoms with Crippen molar-refractivity contribution in [2.45, 2.75) is 70.8 Å². The fourth-order valence-corrected chi connectivity index (χ4v) is 5.60. The van der Waals surface area contributed by atoms with Crippen LogP contribution >= 0.6 is 0 Å². The monoisotopic (exact) mass is 487 g/mol. The van der Waals surface area contributed by atoms with Crippen LogP contribution in [0, 0.1) is 6.92 Å². The fourth-order valence-electron chi connectivity index (χ4n) is 5.60. The maximum Gasteiger partial charge on any atom is 0.416 e. The summed E-state index contributed by atoms with van der Waals surface area (Å²) in [6, 6.07) is 15.1. The van der Waals surface area contributed by atoms with Crippen molar-refractivity contribution in [2.75, 3.05) is 39.3 Å². The van der Waals surface area contributed by atoms with Crippen molar-refractivity contribution in [1.29, 1.82) is 0 Å². The minimum Gasteiger partial charge on any atom is -0.300 e. The predicted octanol–water partition coefficient (Wildman–Crippen LogP) is 6.36. The lowest BCUT2D eigenvalue weighted by atomic mass is 10.0. The molecule has 2 aliphatic rings. The highest BCUT2D eigenvalue weighted by Crippen LogP contribution is 2.30. The van der Waals surface area contributed by atoms with Crippen LogP contribution < -0.4 is 0 Å². The van der Waals surface area contributed by atoms with Crippen LogP contribution in [-0.4, -0.2) is 60.0 Å². The zero-order valence-electron chi connectivity index (χ0n) is 21.1. The van der Waals surface area contributed by atoms with Gasteiger partial charge in [0.1, 0.15) is 0 Å². The molecule has 35 heavy (non-hydrogen) atoms. The molecule has 1 saturated carbocycles. The van der Waals surface area contributed by atoms with Crippen molar-refractivity contribution in [2.24, 2.45) is 0 Å². The van der Waals surface area contributed by atoms with Crippen molar-refractivity contribution in [3.8, 4) is 0 Å². The van der Waals surface area contributed by atoms with Gasteiger partial charge in [-0.2, -0.15) is 13.2 Å². The SMILES string of the molecule is Cc1cccc(CN2CCN(CCN(Cc3cccc(C(F)(F)F)c3)C3CCCCCC3)CC2)c1. The summed E-state index contributed by atoms with van der Waals surface area (Å²) in [5.74, 6) is 0. The molecular weight excluding hydrogens is 447 g/mol. The van der Waals surface area contributed by atoms with Gasteiger partial charge in [-0.15, -0.1) is 0 Å². The van der Waals surface area contributed by atoms with Crippen molar-refractivity contribution in [3.05, 3.63) is 70.8 Å². The highest BCUT2D eigenvalue weighted by Gasteiger charge is 2.31. The number of rotatable bonds is 8. The van der Waals surface area contributed by atoms with E-state index in [4.69, 9.17) is 0 Å². The van der Waals surface area contributed by atoms with Crippen LogP contribution in [0.2, 0.25) is 0 Å². The van der Waals surface area contributed by atoms with E-state index >= 15 is 0 Å². The highest BCUT2D eigenvalue weighted by molar-refractivity contribution is 5.26. The maximum absolute atomic E-state index is 13.3. The Labute approximate surface area is 208 Å². The molecule has 2 fully saturated rings. The summed E-state index contributed by atoms with van der Waals surface area (Å²) in [4.78, 5) is 7.53. The first-order valence-corrected chi connectivity index (χ1v) is 13.3. The van der Waals surface area contributed by atoms with E-state index < -0.39 is 11.7 Å². The summed E-state index contributed by atoms with van der Waals surface area (Å²) in [7, 11) is 0. The molecule has 0 unspecified atom stereocenters. The molecule has 0 spiro atoms. The van der Waals surface area contributed by atoms with Crippen molar-refractivity contribution < 1.29 is 13.2 Å². The van der Waals surface area contributed by atoms with E-state index in [1.54, 1.807) is 6.07 Å². The standard InChI is InChI=1S/C29H40F3N3/c1-24-8-6-9-25(20-24)22-34-16-14-33(15-17-34)18-19-35(28-12-4-2-3-5-13-28)23-26-10-7-11-27(21-26)29(30,31)32/h6-11,20-21,28H,2-5,12-19,22-23H2,1H3. The highest BCUT2D eigenvalue weighted by atomic mass is 19.4. The molecule has 0 bridgehead atoms. The van der Waals surface area contributed by atoms with Gasteiger partial charge < -0.3 is 0 Å². The Kier molecular flexibility index (Phi) is 9.26. The van der Waals surface area contributed by atoms with Gasteiger partial charge in [0.05, 0.1) is 5.56 Å². The molecule has 0 radical (unpaired) electrons. The van der Waals surface area contributed by atoms with Crippen LogP contribution in [0.15, 0.2) is 48.5 Å². The van der Waals surface area contributed by atoms with E-state index in [9.17, 15) is 13.2 Å². The summed E-state index contributed by atoms with van der Waals surface area (Å²) < 4.78 is 39.8. The fraction of sp³-hybridized carbons (Fsp3) is 0.586. The Morgan fingerprint density at radius 3 is 2.17 bits per heavy atom. The summed E-state index contributed by atoms with van der Waals surface area (Å²) in [5, 5.41) is 0. The second kappa shape index (κ2) is 12.4. The number of hydrogen-bond acceptors (Lipinski definition) is 3. The molecule has 4 rings (SSSR count). The third kappa shape index (κ3) is 8.06. The molecule has 192 valence electrons. The van der Waals surface area contributed by atoms with Gasteiger partial charge in [-0.25, -0.2) is 0 Å². The van der Waals surface area contributed by atoms with Gasteiger partial charge >= 0.3 is 6.18 Å². The molecule has 1 aliphatic heterocycles. The van der Waals surface area contributed by atoms with E-state index in [1.165, 1.54) is 48.9 Å². The van der Waals surface area contributed by atoms with Crippen LogP contribution in [0.1, 0.15) is 60.8 Å². The third-order valence-corrected chi connectivity index (χ3v) is 7.64. The Bertz CT molecular complexity index is 913. The number of alkyl halides is 3. The molecular formula is C29H40F3N3. The van der Waals surface area contributed by atoms with Crippen LogP contribution in [0.25, 0.3) is 0 Å². The molecule has 1 heterocycles. The molecule has 6 heteroatoms. The number of halogens is 3. The molecule has 0 N–H and O–H groups in total. The van der Waals surface area contributed by atoms with Gasteiger partial charge in [-0.1, -0.05) is 73.7 Å². The first-order valence-electron chi connectivity index (χ1n) is 13.3. The quantitative estimate of drug-likeness (QED) is 0.402. The van der Waals surface area contributed by atoms with Gasteiger partial charge in [0.2, 0.25) is 0 Å². The first kappa shape index (κ1) is 26.2. The van der Waals surface area contributed by atoms with Crippen molar-refractivity contribution in [3.63, 3.8) is 0 Å². The molecule has 0 atom stereocenters. The largest absolute Gasteiger partial charge is 0.416 e. The second-order valence-corrected chi connectivity index (χ2v) is 10.4. The van der Waals surface area contributed by atoms with E-state index in [2.05, 4.69) is 45.9 Å². The lowest BCUT2D eigenvalue weighted by Crippen LogP contribution is -2.49. The van der Waals surface area contributed by atoms with Gasteiger partial charge in [0, 0.05) is 58.4 Å². The number of hydrogen-bond donors (Lipinski definition) is 0. The normalized spacial score (nSPS) is 19.2. The van der Waals surface area contributed by atoms with Gasteiger partial charge in [0.25, 0.3) is 0 Å². The smallest absolute Gasteiger partial charge is 0.300 e. The average Bonchev–Trinajstić information content (AvgIpc) is 3.12. The topological polar surface area (TPSA) is 9.72 Å². The Balaban J connectivity index is 1.33. The maximum atomic E-state index is 13.3. The van der Waals surface area contributed by atoms with Gasteiger partial charge in [-0.3, -0.25) is 14.7 Å². The van der Waals surface area contributed by atoms with Crippen LogP contribution in [0.3, 0.4) is 0 Å². The lowest BCUT2D eigenvalue weighted by Gasteiger charge is -2.37. The van der Waals surface area contributed by atoms with Gasteiger partial charge in [-0.05, 0) is 37.0 Å². The molecule has 1 saturated heterocycles. The zero-order chi connectivity index (χ0) is 24.7. The third-order valence-electron chi connectivity index (χ3n) is 7.64. The molecule has 3 nitrogen and oxygen atoms in total. The Morgan fingerprint density at radius 1 is 0.829 bits per heavy atom. The van der Waals surface area contributed by atoms with E-state index in [1.807, 2.05) is 6.07 Å². The van der Waals surface area contributed by atoms with E-state index in [0.29, 0.717) is 12.6 Å². The van der Waals surface area contributed by atoms with Crippen LogP contribution in [-0.2, 0) is 19.3 Å². The van der Waals surface area contributed by atoms with Crippen LogP contribution in [0.4, 0.5) is 13.2 Å². The number of nitrogens with zero attached hydrogens (tertiary/aromatic N) is 3. The van der Waals surface area contributed by atoms with Crippen molar-refractivity contribution >= 4 is 0 Å². The second-order valence-electron chi connectivity index (χ2n) is 10.4. The lowest BCUT2D eigenvalue weighted by molar-refractivity contribution is -0.137. The summed E-state index contributed by atoms with van der Waals surface area (Å²) in [6.07, 6.45) is 3.02. The number of piperazine rings is 1. The molecule has 0 amide bonds. The Hall–Kier alpha value is -1.89. The van der Waals surface area contributed by atoms with Crippen molar-refractivity contribution in [1.82, 2.24) is 14.7 Å². The van der Waals surface area contributed by atoms with E-state index in [0.717, 1.165) is 64.2 Å². The minimum atomic E-state index is -4.29. The number of aryl methyl sites for hydroxylation is 1. The summed E-state index contributed by atoms with van der Waals surface area (Å²) in [6.45, 7) is 9.85. The first-order chi connectivity index (χ1) is 16.9. The average molecular weight is 488 g/mol. The van der Waals surface area contributed by atoms with Crippen LogP contribution in [0.5, 0.6) is 0 Å². The van der Waals surface area contributed by atoms with E-state index in [-0.39, 0.29) is 0 Å².